The quantitative estimate of drug-likeness (QED) is 0.868. The van der Waals surface area contributed by atoms with Gasteiger partial charge in [0, 0.05) is 7.11 Å². The molecule has 1 atom stereocenters. The highest BCUT2D eigenvalue weighted by molar-refractivity contribution is 9.10. The molecule has 4 nitrogen and oxygen atoms in total. The van der Waals surface area contributed by atoms with Crippen molar-refractivity contribution in [3.8, 4) is 0 Å². The molecule has 0 radical (unpaired) electrons. The van der Waals surface area contributed by atoms with Crippen molar-refractivity contribution in [2.24, 2.45) is 0 Å². The zero-order valence-electron chi connectivity index (χ0n) is 13.0. The minimum atomic E-state index is 0.0960. The molecular formula is C16H22BrN3O. The van der Waals surface area contributed by atoms with Crippen LogP contribution in [0.15, 0.2) is 28.9 Å². The van der Waals surface area contributed by atoms with Gasteiger partial charge in [0.25, 0.3) is 0 Å². The Morgan fingerprint density at radius 3 is 2.81 bits per heavy atom. The summed E-state index contributed by atoms with van der Waals surface area (Å²) < 4.78 is 8.18. The first-order valence-electron chi connectivity index (χ1n) is 7.03. The molecule has 2 aromatic rings. The number of nitrogens with one attached hydrogen (secondary N) is 1. The first-order chi connectivity index (χ1) is 10.1. The van der Waals surface area contributed by atoms with Gasteiger partial charge in [-0.05, 0) is 53.5 Å². The average Bonchev–Trinajstić information content (AvgIpc) is 2.83. The van der Waals surface area contributed by atoms with Crippen LogP contribution in [0.25, 0.3) is 0 Å². The monoisotopic (exact) mass is 351 g/mol. The topological polar surface area (TPSA) is 39.1 Å². The normalized spacial score (nSPS) is 12.6. The standard InChI is InChI=1S/C16H22BrN3O/c1-11-6-5-7-13(12(11)2)15(18-3)16-14(17)10-19-20(16)8-9-21-4/h5-7,10,15,18H,8-9H2,1-4H3. The smallest absolute Gasteiger partial charge is 0.0760 e. The van der Waals surface area contributed by atoms with Crippen LogP contribution in [0.1, 0.15) is 28.4 Å². The van der Waals surface area contributed by atoms with Gasteiger partial charge in [-0.2, -0.15) is 5.10 Å². The molecule has 0 aliphatic carbocycles. The molecule has 1 heterocycles. The summed E-state index contributed by atoms with van der Waals surface area (Å²) in [5.41, 5.74) is 5.01. The summed E-state index contributed by atoms with van der Waals surface area (Å²) in [6, 6.07) is 6.51. The fourth-order valence-electron chi connectivity index (χ4n) is 2.54. The van der Waals surface area contributed by atoms with Crippen molar-refractivity contribution in [1.29, 1.82) is 0 Å². The lowest BCUT2D eigenvalue weighted by Gasteiger charge is -2.22. The Bertz CT molecular complexity index is 610. The Morgan fingerprint density at radius 1 is 1.38 bits per heavy atom. The Labute approximate surface area is 134 Å². The van der Waals surface area contributed by atoms with E-state index in [1.165, 1.54) is 16.7 Å². The van der Waals surface area contributed by atoms with Gasteiger partial charge in [-0.1, -0.05) is 18.2 Å². The summed E-state index contributed by atoms with van der Waals surface area (Å²) in [5.74, 6) is 0. The van der Waals surface area contributed by atoms with E-state index in [4.69, 9.17) is 4.74 Å². The first kappa shape index (κ1) is 16.2. The van der Waals surface area contributed by atoms with Gasteiger partial charge in [0.2, 0.25) is 0 Å². The number of methoxy groups -OCH3 is 1. The van der Waals surface area contributed by atoms with E-state index in [9.17, 15) is 0 Å². The molecular weight excluding hydrogens is 330 g/mol. The molecule has 0 spiro atoms. The summed E-state index contributed by atoms with van der Waals surface area (Å²) in [7, 11) is 3.69. The Kier molecular flexibility index (Phi) is 5.56. The van der Waals surface area contributed by atoms with Crippen molar-refractivity contribution in [2.75, 3.05) is 20.8 Å². The third-order valence-electron chi connectivity index (χ3n) is 3.86. The van der Waals surface area contributed by atoms with Crippen molar-refractivity contribution in [3.05, 3.63) is 51.3 Å². The number of nitrogens with zero attached hydrogens (tertiary/aromatic N) is 2. The molecule has 0 fully saturated rings. The number of aromatic nitrogens is 2. The predicted octanol–water partition coefficient (Wildman–Crippen LogP) is 3.22. The number of ether oxygens (including phenoxy) is 1. The van der Waals surface area contributed by atoms with Crippen LogP contribution in [0, 0.1) is 13.8 Å². The SMILES string of the molecule is CNC(c1cccc(C)c1C)c1c(Br)cnn1CCOC. The first-order valence-corrected chi connectivity index (χ1v) is 7.83. The van der Waals surface area contributed by atoms with E-state index in [1.807, 2.05) is 17.9 Å². The molecule has 5 heteroatoms. The van der Waals surface area contributed by atoms with Crippen LogP contribution in [0.2, 0.25) is 0 Å². The highest BCUT2D eigenvalue weighted by atomic mass is 79.9. The van der Waals surface area contributed by atoms with Crippen molar-refractivity contribution in [3.63, 3.8) is 0 Å². The summed E-state index contributed by atoms with van der Waals surface area (Å²) in [6.45, 7) is 5.69. The van der Waals surface area contributed by atoms with Crippen LogP contribution in [0.4, 0.5) is 0 Å². The van der Waals surface area contributed by atoms with Crippen LogP contribution >= 0.6 is 15.9 Å². The fourth-order valence-corrected chi connectivity index (χ4v) is 3.07. The van der Waals surface area contributed by atoms with Crippen LogP contribution in [-0.4, -0.2) is 30.5 Å². The number of hydrogen-bond acceptors (Lipinski definition) is 3. The number of hydrogen-bond donors (Lipinski definition) is 1. The van der Waals surface area contributed by atoms with E-state index in [2.05, 4.69) is 58.4 Å². The Morgan fingerprint density at radius 2 is 2.14 bits per heavy atom. The number of aryl methyl sites for hydroxylation is 1. The molecule has 0 bridgehead atoms. The summed E-state index contributed by atoms with van der Waals surface area (Å²) in [5, 5.41) is 7.86. The van der Waals surface area contributed by atoms with Crippen molar-refractivity contribution in [2.45, 2.75) is 26.4 Å². The van der Waals surface area contributed by atoms with Gasteiger partial charge >= 0.3 is 0 Å². The number of rotatable bonds is 6. The second kappa shape index (κ2) is 7.20. The van der Waals surface area contributed by atoms with Crippen molar-refractivity contribution in [1.82, 2.24) is 15.1 Å². The fraction of sp³-hybridized carbons (Fsp3) is 0.438. The maximum atomic E-state index is 5.18. The molecule has 21 heavy (non-hydrogen) atoms. The zero-order valence-corrected chi connectivity index (χ0v) is 14.6. The molecule has 1 N–H and O–H groups in total. The lowest BCUT2D eigenvalue weighted by molar-refractivity contribution is 0.182. The minimum absolute atomic E-state index is 0.0960. The van der Waals surface area contributed by atoms with Gasteiger partial charge in [-0.3, -0.25) is 4.68 Å². The van der Waals surface area contributed by atoms with Gasteiger partial charge in [0.05, 0.1) is 35.6 Å². The summed E-state index contributed by atoms with van der Waals surface area (Å²) >= 11 is 3.63. The lowest BCUT2D eigenvalue weighted by Crippen LogP contribution is -2.24. The number of halogens is 1. The van der Waals surface area contributed by atoms with E-state index < -0.39 is 0 Å². The molecule has 0 aliphatic heterocycles. The number of benzene rings is 1. The molecule has 1 unspecified atom stereocenters. The Balaban J connectivity index is 2.46. The highest BCUT2D eigenvalue weighted by Crippen LogP contribution is 2.31. The summed E-state index contributed by atoms with van der Waals surface area (Å²) in [4.78, 5) is 0. The molecule has 0 saturated heterocycles. The molecule has 114 valence electrons. The zero-order chi connectivity index (χ0) is 15.4. The highest BCUT2D eigenvalue weighted by Gasteiger charge is 2.22. The van der Waals surface area contributed by atoms with Crippen molar-refractivity contribution >= 4 is 15.9 Å². The third-order valence-corrected chi connectivity index (χ3v) is 4.47. The van der Waals surface area contributed by atoms with Crippen LogP contribution in [0.5, 0.6) is 0 Å². The van der Waals surface area contributed by atoms with E-state index in [-0.39, 0.29) is 6.04 Å². The van der Waals surface area contributed by atoms with Gasteiger partial charge in [0.15, 0.2) is 0 Å². The molecule has 2 rings (SSSR count). The van der Waals surface area contributed by atoms with E-state index >= 15 is 0 Å². The summed E-state index contributed by atoms with van der Waals surface area (Å²) in [6.07, 6.45) is 1.85. The minimum Gasteiger partial charge on any atom is -0.383 e. The maximum Gasteiger partial charge on any atom is 0.0760 e. The van der Waals surface area contributed by atoms with Gasteiger partial charge in [-0.15, -0.1) is 0 Å². The van der Waals surface area contributed by atoms with E-state index in [0.717, 1.165) is 16.7 Å². The second-order valence-corrected chi connectivity index (χ2v) is 5.96. The lowest BCUT2D eigenvalue weighted by atomic mass is 9.95. The van der Waals surface area contributed by atoms with Crippen LogP contribution < -0.4 is 5.32 Å². The van der Waals surface area contributed by atoms with E-state index in [0.29, 0.717) is 6.61 Å². The van der Waals surface area contributed by atoms with Gasteiger partial charge in [0.1, 0.15) is 0 Å². The largest absolute Gasteiger partial charge is 0.383 e. The molecule has 1 aromatic carbocycles. The molecule has 0 amide bonds. The molecule has 1 aromatic heterocycles. The van der Waals surface area contributed by atoms with Gasteiger partial charge < -0.3 is 10.1 Å². The molecule has 0 aliphatic rings. The van der Waals surface area contributed by atoms with Crippen molar-refractivity contribution < 1.29 is 4.74 Å². The molecule has 0 saturated carbocycles. The van der Waals surface area contributed by atoms with Gasteiger partial charge in [-0.25, -0.2) is 0 Å². The third kappa shape index (κ3) is 3.36. The maximum absolute atomic E-state index is 5.18. The van der Waals surface area contributed by atoms with Crippen LogP contribution in [0.3, 0.4) is 0 Å². The van der Waals surface area contributed by atoms with E-state index in [1.54, 1.807) is 7.11 Å². The predicted molar refractivity (Wildman–Crippen MR) is 88.6 cm³/mol. The Hall–Kier alpha value is -1.17. The van der Waals surface area contributed by atoms with Crippen LogP contribution in [-0.2, 0) is 11.3 Å². The second-order valence-electron chi connectivity index (χ2n) is 5.10. The average molecular weight is 352 g/mol.